The van der Waals surface area contributed by atoms with Crippen LogP contribution in [0, 0.1) is 5.82 Å². The summed E-state index contributed by atoms with van der Waals surface area (Å²) >= 11 is 0. The molecule has 3 aromatic carbocycles. The molecule has 0 spiro atoms. The summed E-state index contributed by atoms with van der Waals surface area (Å²) in [7, 11) is 3.08. The molecule has 31 heavy (non-hydrogen) atoms. The Bertz CT molecular complexity index is 1340. The second-order valence-corrected chi connectivity index (χ2v) is 6.70. The first kappa shape index (κ1) is 20.2. The molecule has 1 aromatic heterocycles. The molecule has 0 radical (unpaired) electrons. The van der Waals surface area contributed by atoms with Crippen molar-refractivity contribution in [3.05, 3.63) is 88.5 Å². The van der Waals surface area contributed by atoms with Crippen molar-refractivity contribution in [2.45, 2.75) is 0 Å². The second-order valence-electron chi connectivity index (χ2n) is 6.70. The molecule has 4 aromatic rings. The van der Waals surface area contributed by atoms with Crippen LogP contribution >= 0.6 is 0 Å². The van der Waals surface area contributed by atoms with E-state index in [1.54, 1.807) is 49.6 Å². The van der Waals surface area contributed by atoms with Gasteiger partial charge in [0.15, 0.2) is 0 Å². The van der Waals surface area contributed by atoms with Crippen molar-refractivity contribution in [2.24, 2.45) is 4.99 Å². The number of pyridine rings is 1. The van der Waals surface area contributed by atoms with Crippen LogP contribution < -0.4 is 15.0 Å². The SMILES string of the molecule is COc1ccc(OC)c(N=Cc2c(O)n(-c3ccc(F)cc3)c(=O)c3ccccc23)c1. The van der Waals surface area contributed by atoms with E-state index in [0.717, 1.165) is 4.57 Å². The fourth-order valence-electron chi connectivity index (χ4n) is 3.35. The predicted octanol–water partition coefficient (Wildman–Crippen LogP) is 4.60. The van der Waals surface area contributed by atoms with E-state index >= 15 is 0 Å². The van der Waals surface area contributed by atoms with Crippen LogP contribution in [0.4, 0.5) is 10.1 Å². The molecule has 1 heterocycles. The third-order valence-corrected chi connectivity index (χ3v) is 4.91. The first-order valence-electron chi connectivity index (χ1n) is 9.42. The summed E-state index contributed by atoms with van der Waals surface area (Å²) in [6, 6.07) is 17.4. The van der Waals surface area contributed by atoms with Crippen molar-refractivity contribution in [3.8, 4) is 23.1 Å². The summed E-state index contributed by atoms with van der Waals surface area (Å²) in [4.78, 5) is 17.6. The molecule has 0 bridgehead atoms. The lowest BCUT2D eigenvalue weighted by atomic mass is 10.1. The Morgan fingerprint density at radius 1 is 0.968 bits per heavy atom. The Balaban J connectivity index is 1.95. The summed E-state index contributed by atoms with van der Waals surface area (Å²) in [5, 5.41) is 11.9. The minimum atomic E-state index is -0.441. The van der Waals surface area contributed by atoms with Crippen molar-refractivity contribution in [1.82, 2.24) is 4.57 Å². The normalized spacial score (nSPS) is 11.2. The molecular formula is C24H19FN2O4. The third kappa shape index (κ3) is 3.73. The summed E-state index contributed by atoms with van der Waals surface area (Å²) in [6.07, 6.45) is 1.47. The van der Waals surface area contributed by atoms with Crippen molar-refractivity contribution >= 4 is 22.7 Å². The van der Waals surface area contributed by atoms with Crippen molar-refractivity contribution in [1.29, 1.82) is 0 Å². The number of rotatable bonds is 5. The van der Waals surface area contributed by atoms with Gasteiger partial charge in [0.1, 0.15) is 23.0 Å². The van der Waals surface area contributed by atoms with Gasteiger partial charge in [-0.05, 0) is 42.5 Å². The fourth-order valence-corrected chi connectivity index (χ4v) is 3.35. The van der Waals surface area contributed by atoms with E-state index in [4.69, 9.17) is 9.47 Å². The predicted molar refractivity (Wildman–Crippen MR) is 118 cm³/mol. The monoisotopic (exact) mass is 418 g/mol. The van der Waals surface area contributed by atoms with Crippen molar-refractivity contribution in [3.63, 3.8) is 0 Å². The number of benzene rings is 3. The van der Waals surface area contributed by atoms with Crippen LogP contribution in [0.15, 0.2) is 76.5 Å². The molecule has 0 aliphatic rings. The van der Waals surface area contributed by atoms with Crippen LogP contribution in [0.2, 0.25) is 0 Å². The van der Waals surface area contributed by atoms with E-state index in [0.29, 0.717) is 39.2 Å². The molecule has 0 saturated heterocycles. The molecule has 0 saturated carbocycles. The van der Waals surface area contributed by atoms with Gasteiger partial charge in [-0.1, -0.05) is 18.2 Å². The van der Waals surface area contributed by atoms with Gasteiger partial charge in [0, 0.05) is 23.1 Å². The van der Waals surface area contributed by atoms with Gasteiger partial charge in [-0.3, -0.25) is 9.79 Å². The van der Waals surface area contributed by atoms with Crippen LogP contribution in [0.1, 0.15) is 5.56 Å². The molecule has 0 amide bonds. The number of aromatic nitrogens is 1. The Kier molecular flexibility index (Phi) is 5.41. The summed E-state index contributed by atoms with van der Waals surface area (Å²) in [5.41, 5.74) is 0.744. The Labute approximate surface area is 177 Å². The minimum Gasteiger partial charge on any atom is -0.497 e. The van der Waals surface area contributed by atoms with Gasteiger partial charge in [-0.25, -0.2) is 8.96 Å². The standard InChI is InChI=1S/C24H19FN2O4/c1-30-17-11-12-22(31-2)21(13-17)26-14-20-18-5-3-4-6-19(18)23(28)27(24(20)29)16-9-7-15(25)8-10-16/h3-14,29H,1-2H3. The molecule has 1 N–H and O–H groups in total. The fraction of sp³-hybridized carbons (Fsp3) is 0.0833. The zero-order chi connectivity index (χ0) is 22.0. The van der Waals surface area contributed by atoms with Crippen LogP contribution in [0.3, 0.4) is 0 Å². The number of fused-ring (bicyclic) bond motifs is 1. The average Bonchev–Trinajstić information content (AvgIpc) is 2.80. The van der Waals surface area contributed by atoms with Gasteiger partial charge in [0.2, 0.25) is 5.88 Å². The zero-order valence-corrected chi connectivity index (χ0v) is 16.9. The summed E-state index contributed by atoms with van der Waals surface area (Å²) < 4.78 is 25.1. The Morgan fingerprint density at radius 3 is 2.35 bits per heavy atom. The maximum atomic E-state index is 13.4. The number of nitrogens with zero attached hydrogens (tertiary/aromatic N) is 2. The first-order valence-corrected chi connectivity index (χ1v) is 9.42. The largest absolute Gasteiger partial charge is 0.497 e. The van der Waals surface area contributed by atoms with E-state index in [2.05, 4.69) is 4.99 Å². The first-order chi connectivity index (χ1) is 15.0. The number of methoxy groups -OCH3 is 2. The molecule has 0 aliphatic heterocycles. The lowest BCUT2D eigenvalue weighted by Gasteiger charge is -2.14. The molecule has 0 aliphatic carbocycles. The molecule has 6 nitrogen and oxygen atoms in total. The highest BCUT2D eigenvalue weighted by Crippen LogP contribution is 2.32. The van der Waals surface area contributed by atoms with Gasteiger partial charge in [0.25, 0.3) is 5.56 Å². The van der Waals surface area contributed by atoms with Gasteiger partial charge in [-0.2, -0.15) is 0 Å². The van der Waals surface area contributed by atoms with Crippen molar-refractivity contribution < 1.29 is 19.0 Å². The Morgan fingerprint density at radius 2 is 1.68 bits per heavy atom. The van der Waals surface area contributed by atoms with E-state index in [1.165, 1.54) is 37.6 Å². The number of hydrogen-bond acceptors (Lipinski definition) is 5. The lowest BCUT2D eigenvalue weighted by molar-refractivity contribution is 0.404. The molecule has 0 unspecified atom stereocenters. The third-order valence-electron chi connectivity index (χ3n) is 4.91. The number of aliphatic imine (C=N–C) groups is 1. The summed E-state index contributed by atoms with van der Waals surface area (Å²) in [5.74, 6) is 0.371. The van der Waals surface area contributed by atoms with E-state index < -0.39 is 11.4 Å². The number of hydrogen-bond donors (Lipinski definition) is 1. The van der Waals surface area contributed by atoms with E-state index in [9.17, 15) is 14.3 Å². The average molecular weight is 418 g/mol. The maximum Gasteiger partial charge on any atom is 0.265 e. The smallest absolute Gasteiger partial charge is 0.265 e. The van der Waals surface area contributed by atoms with E-state index in [1.807, 2.05) is 0 Å². The quantitative estimate of drug-likeness (QED) is 0.481. The van der Waals surface area contributed by atoms with Crippen LogP contribution in [0.5, 0.6) is 17.4 Å². The highest BCUT2D eigenvalue weighted by atomic mass is 19.1. The molecule has 7 heteroatoms. The molecular weight excluding hydrogens is 399 g/mol. The molecule has 0 fully saturated rings. The van der Waals surface area contributed by atoms with Crippen LogP contribution in [0.25, 0.3) is 16.5 Å². The van der Waals surface area contributed by atoms with Crippen molar-refractivity contribution in [2.75, 3.05) is 14.2 Å². The lowest BCUT2D eigenvalue weighted by Crippen LogP contribution is -2.20. The van der Waals surface area contributed by atoms with E-state index in [-0.39, 0.29) is 5.88 Å². The van der Waals surface area contributed by atoms with Gasteiger partial charge in [0.05, 0.1) is 25.5 Å². The number of halogens is 1. The second kappa shape index (κ2) is 8.31. The zero-order valence-electron chi connectivity index (χ0n) is 16.9. The van der Waals surface area contributed by atoms with Crippen LogP contribution in [-0.2, 0) is 0 Å². The van der Waals surface area contributed by atoms with Crippen LogP contribution in [-0.4, -0.2) is 30.1 Å². The minimum absolute atomic E-state index is 0.305. The summed E-state index contributed by atoms with van der Waals surface area (Å²) in [6.45, 7) is 0. The van der Waals surface area contributed by atoms with Gasteiger partial charge in [-0.15, -0.1) is 0 Å². The highest BCUT2D eigenvalue weighted by molar-refractivity contribution is 6.02. The van der Waals surface area contributed by atoms with Gasteiger partial charge < -0.3 is 14.6 Å². The maximum absolute atomic E-state index is 13.4. The molecule has 156 valence electrons. The highest BCUT2D eigenvalue weighted by Gasteiger charge is 2.16. The number of ether oxygens (including phenoxy) is 2. The topological polar surface area (TPSA) is 73.0 Å². The van der Waals surface area contributed by atoms with Gasteiger partial charge >= 0.3 is 0 Å². The number of aromatic hydroxyl groups is 1. The molecule has 4 rings (SSSR count). The molecule has 0 atom stereocenters. The Hall–Kier alpha value is -4.13.